The van der Waals surface area contributed by atoms with Crippen LogP contribution >= 0.6 is 0 Å². The van der Waals surface area contributed by atoms with Crippen LogP contribution in [0.15, 0.2) is 30.3 Å². The molecular weight excluding hydrogens is 442 g/mol. The number of carbonyl (C=O) groups is 3. The number of aromatic nitrogens is 1. The molecule has 1 aromatic carbocycles. The quantitative estimate of drug-likeness (QED) is 0.500. The number of aryl methyl sites for hydroxylation is 2. The van der Waals surface area contributed by atoms with Gasteiger partial charge >= 0.3 is 5.97 Å². The first kappa shape index (κ1) is 26.5. The van der Waals surface area contributed by atoms with E-state index in [0.717, 1.165) is 29.7 Å². The topological polar surface area (TPSA) is 91.5 Å². The third-order valence-corrected chi connectivity index (χ3v) is 6.98. The van der Waals surface area contributed by atoms with E-state index in [4.69, 9.17) is 4.74 Å². The van der Waals surface area contributed by atoms with Crippen LogP contribution < -0.4 is 5.32 Å². The van der Waals surface area contributed by atoms with Gasteiger partial charge in [0.2, 0.25) is 11.8 Å². The van der Waals surface area contributed by atoms with Gasteiger partial charge in [0, 0.05) is 37.2 Å². The van der Waals surface area contributed by atoms with Gasteiger partial charge in [-0.05, 0) is 76.5 Å². The largest absolute Gasteiger partial charge is 0.461 e. The van der Waals surface area contributed by atoms with Gasteiger partial charge in [-0.25, -0.2) is 4.79 Å². The molecule has 2 N–H and O–H groups in total. The van der Waals surface area contributed by atoms with Crippen LogP contribution in [0.2, 0.25) is 0 Å². The van der Waals surface area contributed by atoms with E-state index < -0.39 is 0 Å². The van der Waals surface area contributed by atoms with Crippen LogP contribution in [0, 0.1) is 19.8 Å². The molecule has 1 fully saturated rings. The van der Waals surface area contributed by atoms with Gasteiger partial charge in [-0.2, -0.15) is 0 Å². The van der Waals surface area contributed by atoms with Crippen molar-refractivity contribution >= 4 is 17.8 Å². The second-order valence-corrected chi connectivity index (χ2v) is 9.54. The van der Waals surface area contributed by atoms with Crippen LogP contribution in [0.5, 0.6) is 0 Å². The monoisotopic (exact) mass is 481 g/mol. The maximum atomic E-state index is 12.8. The number of carbonyl (C=O) groups excluding carboxylic acids is 3. The standard InChI is InChI=1S/C28H39N3O4/c1-5-35-28(34)26-20(3)24(21(4)30-26)13-14-25(32)31-17-15-23(16-18-31)27(33)29-19(2)11-12-22-9-7-6-8-10-22/h6-10,19,23,30H,5,11-18H2,1-4H3,(H,29,33). The SMILES string of the molecule is CCOC(=O)c1[nH]c(C)c(CCC(=O)N2CCC(C(=O)NC(C)CCc3ccccc3)CC2)c1C. The first-order valence-corrected chi connectivity index (χ1v) is 12.8. The van der Waals surface area contributed by atoms with E-state index in [-0.39, 0.29) is 29.7 Å². The molecule has 0 radical (unpaired) electrons. The van der Waals surface area contributed by atoms with Crippen LogP contribution in [0.3, 0.4) is 0 Å². The summed E-state index contributed by atoms with van der Waals surface area (Å²) in [5, 5.41) is 3.16. The molecule has 1 aliphatic rings. The number of amides is 2. The average Bonchev–Trinajstić information content (AvgIpc) is 3.15. The number of H-pyrrole nitrogens is 1. The maximum absolute atomic E-state index is 12.8. The molecule has 0 aliphatic carbocycles. The molecule has 1 aliphatic heterocycles. The maximum Gasteiger partial charge on any atom is 0.355 e. The molecule has 3 rings (SSSR count). The van der Waals surface area contributed by atoms with E-state index in [2.05, 4.69) is 29.4 Å². The van der Waals surface area contributed by atoms with Gasteiger partial charge in [-0.15, -0.1) is 0 Å². The number of rotatable bonds is 10. The molecule has 190 valence electrons. The Labute approximate surface area is 208 Å². The second kappa shape index (κ2) is 12.6. The van der Waals surface area contributed by atoms with Crippen LogP contribution in [0.4, 0.5) is 0 Å². The van der Waals surface area contributed by atoms with Gasteiger partial charge < -0.3 is 19.9 Å². The highest BCUT2D eigenvalue weighted by Gasteiger charge is 2.28. The van der Waals surface area contributed by atoms with Crippen molar-refractivity contribution in [2.75, 3.05) is 19.7 Å². The number of likely N-dealkylation sites (tertiary alicyclic amines) is 1. The molecule has 1 saturated heterocycles. The zero-order valence-corrected chi connectivity index (χ0v) is 21.5. The molecule has 0 spiro atoms. The van der Waals surface area contributed by atoms with Crippen molar-refractivity contribution < 1.29 is 19.1 Å². The van der Waals surface area contributed by atoms with E-state index >= 15 is 0 Å². The van der Waals surface area contributed by atoms with E-state index in [1.165, 1.54) is 5.56 Å². The summed E-state index contributed by atoms with van der Waals surface area (Å²) in [6.07, 6.45) is 4.19. The molecule has 35 heavy (non-hydrogen) atoms. The fourth-order valence-corrected chi connectivity index (χ4v) is 4.81. The Morgan fingerprint density at radius 1 is 1.11 bits per heavy atom. The Bertz CT molecular complexity index is 1010. The smallest absolute Gasteiger partial charge is 0.355 e. The third kappa shape index (κ3) is 7.20. The van der Waals surface area contributed by atoms with Crippen LogP contribution in [-0.2, 0) is 27.2 Å². The highest BCUT2D eigenvalue weighted by atomic mass is 16.5. The molecule has 7 heteroatoms. The number of hydrogen-bond acceptors (Lipinski definition) is 4. The minimum Gasteiger partial charge on any atom is -0.461 e. The molecule has 7 nitrogen and oxygen atoms in total. The molecule has 1 atom stereocenters. The van der Waals surface area contributed by atoms with Crippen molar-refractivity contribution in [2.24, 2.45) is 5.92 Å². The van der Waals surface area contributed by atoms with Gasteiger partial charge in [0.1, 0.15) is 5.69 Å². The lowest BCUT2D eigenvalue weighted by Gasteiger charge is -2.32. The average molecular weight is 482 g/mol. The van der Waals surface area contributed by atoms with Gasteiger partial charge in [0.05, 0.1) is 6.61 Å². The Kier molecular flexibility index (Phi) is 9.52. The third-order valence-electron chi connectivity index (χ3n) is 6.98. The summed E-state index contributed by atoms with van der Waals surface area (Å²) in [6.45, 7) is 9.18. The van der Waals surface area contributed by atoms with E-state index in [1.807, 2.05) is 36.9 Å². The second-order valence-electron chi connectivity index (χ2n) is 9.54. The molecule has 0 saturated carbocycles. The molecule has 1 unspecified atom stereocenters. The van der Waals surface area contributed by atoms with Gasteiger partial charge in [0.15, 0.2) is 0 Å². The first-order chi connectivity index (χ1) is 16.8. The van der Waals surface area contributed by atoms with Crippen molar-refractivity contribution in [3.63, 3.8) is 0 Å². The minimum atomic E-state index is -0.361. The minimum absolute atomic E-state index is 0.0421. The zero-order valence-electron chi connectivity index (χ0n) is 21.5. The lowest BCUT2D eigenvalue weighted by atomic mass is 9.94. The van der Waals surface area contributed by atoms with Crippen LogP contribution in [-0.4, -0.2) is 53.4 Å². The first-order valence-electron chi connectivity index (χ1n) is 12.8. The van der Waals surface area contributed by atoms with Crippen molar-refractivity contribution in [2.45, 2.75) is 72.3 Å². The zero-order chi connectivity index (χ0) is 25.4. The van der Waals surface area contributed by atoms with Crippen molar-refractivity contribution in [3.8, 4) is 0 Å². The van der Waals surface area contributed by atoms with E-state index in [9.17, 15) is 14.4 Å². The number of nitrogens with one attached hydrogen (secondary N) is 2. The Morgan fingerprint density at radius 3 is 2.46 bits per heavy atom. The fraction of sp³-hybridized carbons (Fsp3) is 0.536. The Balaban J connectivity index is 1.42. The van der Waals surface area contributed by atoms with Crippen molar-refractivity contribution in [1.29, 1.82) is 0 Å². The Morgan fingerprint density at radius 2 is 1.80 bits per heavy atom. The number of esters is 1. The van der Waals surface area contributed by atoms with Crippen molar-refractivity contribution in [1.82, 2.24) is 15.2 Å². The van der Waals surface area contributed by atoms with Crippen molar-refractivity contribution in [3.05, 3.63) is 58.4 Å². The predicted octanol–water partition coefficient (Wildman–Crippen LogP) is 4.12. The number of ether oxygens (including phenoxy) is 1. The highest BCUT2D eigenvalue weighted by molar-refractivity contribution is 5.90. The number of hydrogen-bond donors (Lipinski definition) is 2. The summed E-state index contributed by atoms with van der Waals surface area (Å²) in [6, 6.07) is 10.4. The summed E-state index contributed by atoms with van der Waals surface area (Å²) < 4.78 is 5.11. The normalized spacial score (nSPS) is 15.0. The molecule has 2 aromatic rings. The number of benzene rings is 1. The predicted molar refractivity (Wildman–Crippen MR) is 136 cm³/mol. The van der Waals surface area contributed by atoms with E-state index in [1.54, 1.807) is 6.92 Å². The van der Waals surface area contributed by atoms with E-state index in [0.29, 0.717) is 51.1 Å². The lowest BCUT2D eigenvalue weighted by molar-refractivity contribution is -0.135. The van der Waals surface area contributed by atoms with Gasteiger partial charge in [0.25, 0.3) is 0 Å². The Hall–Kier alpha value is -3.09. The fourth-order valence-electron chi connectivity index (χ4n) is 4.81. The summed E-state index contributed by atoms with van der Waals surface area (Å²) in [4.78, 5) is 42.7. The van der Waals surface area contributed by atoms with Crippen LogP contribution in [0.1, 0.15) is 72.4 Å². The van der Waals surface area contributed by atoms with Gasteiger partial charge in [-0.1, -0.05) is 30.3 Å². The van der Waals surface area contributed by atoms with Crippen LogP contribution in [0.25, 0.3) is 0 Å². The number of nitrogens with zero attached hydrogens (tertiary/aromatic N) is 1. The lowest BCUT2D eigenvalue weighted by Crippen LogP contribution is -2.45. The molecule has 2 amide bonds. The number of aromatic amines is 1. The molecule has 0 bridgehead atoms. The molecule has 2 heterocycles. The number of piperidine rings is 1. The highest BCUT2D eigenvalue weighted by Crippen LogP contribution is 2.23. The summed E-state index contributed by atoms with van der Waals surface area (Å²) in [5.41, 5.74) is 4.50. The summed E-state index contributed by atoms with van der Waals surface area (Å²) >= 11 is 0. The summed E-state index contributed by atoms with van der Waals surface area (Å²) in [5.74, 6) is -0.208. The molecular formula is C28H39N3O4. The summed E-state index contributed by atoms with van der Waals surface area (Å²) in [7, 11) is 0. The molecule has 1 aromatic heterocycles. The van der Waals surface area contributed by atoms with Gasteiger partial charge in [-0.3, -0.25) is 9.59 Å².